The van der Waals surface area contributed by atoms with Crippen molar-refractivity contribution >= 4 is 0 Å². The maximum Gasteiger partial charge on any atom is 0.101 e. The van der Waals surface area contributed by atoms with Crippen LogP contribution in [0.15, 0.2) is 11.6 Å². The van der Waals surface area contributed by atoms with Crippen molar-refractivity contribution in [3.63, 3.8) is 0 Å². The molecule has 32 heavy (non-hydrogen) atoms. The molecule has 0 aromatic rings. The van der Waals surface area contributed by atoms with Crippen molar-refractivity contribution < 1.29 is 15.3 Å². The Labute approximate surface area is 197 Å². The molecule has 4 aliphatic carbocycles. The number of allylic oxidation sites excluding steroid dienone is 1. The smallest absolute Gasteiger partial charge is 0.101 e. The third kappa shape index (κ3) is 3.83. The van der Waals surface area contributed by atoms with Gasteiger partial charge < -0.3 is 15.3 Å². The first kappa shape index (κ1) is 24.7. The molecule has 0 aliphatic heterocycles. The van der Waals surface area contributed by atoms with Gasteiger partial charge in [-0.05, 0) is 109 Å². The molecule has 4 aliphatic rings. The van der Waals surface area contributed by atoms with Crippen molar-refractivity contribution in [1.82, 2.24) is 0 Å². The Morgan fingerprint density at radius 2 is 1.72 bits per heavy atom. The molecule has 0 heterocycles. The summed E-state index contributed by atoms with van der Waals surface area (Å²) in [5.41, 5.74) is 1.52. The third-order valence-corrected chi connectivity index (χ3v) is 11.5. The molecular weight excluding hydrogens is 396 g/mol. The van der Waals surface area contributed by atoms with Crippen LogP contribution >= 0.6 is 0 Å². The highest BCUT2D eigenvalue weighted by Gasteiger charge is 2.60. The Kier molecular flexibility index (Phi) is 6.96. The second-order valence-corrected chi connectivity index (χ2v) is 13.0. The zero-order valence-electron chi connectivity index (χ0n) is 21.6. The average Bonchev–Trinajstić information content (AvgIpc) is 3.11. The number of hydrogen-bond donors (Lipinski definition) is 3. The first-order valence-corrected chi connectivity index (χ1v) is 13.8. The summed E-state index contributed by atoms with van der Waals surface area (Å²) in [5, 5.41) is 32.2. The molecule has 2 unspecified atom stereocenters. The maximum absolute atomic E-state index is 11.3. The lowest BCUT2D eigenvalue weighted by atomic mass is 9.46. The molecule has 3 nitrogen and oxygen atoms in total. The predicted octanol–water partition coefficient (Wildman–Crippen LogP) is 5.97. The van der Waals surface area contributed by atoms with Gasteiger partial charge in [0.05, 0.1) is 12.2 Å². The molecule has 3 heteroatoms. The van der Waals surface area contributed by atoms with E-state index >= 15 is 0 Å². The number of hydrogen-bond acceptors (Lipinski definition) is 3. The van der Waals surface area contributed by atoms with E-state index in [0.29, 0.717) is 40.9 Å². The van der Waals surface area contributed by atoms with Crippen molar-refractivity contribution in [2.24, 2.45) is 52.3 Å². The van der Waals surface area contributed by atoms with Crippen molar-refractivity contribution in [2.45, 2.75) is 118 Å². The SMILES string of the molecule is CCC(CC(O)[C@@H](C)[C@H]1CC[C@H]2[C@@H]3CC=C4[C@@H](O)[C@@H](O)CC[C@]4(C)[C@H]3CC[C@]12C)C(C)C. The summed E-state index contributed by atoms with van der Waals surface area (Å²) in [6, 6.07) is 0. The van der Waals surface area contributed by atoms with E-state index in [1.54, 1.807) is 0 Å². The van der Waals surface area contributed by atoms with Crippen LogP contribution in [0.1, 0.15) is 99.3 Å². The second kappa shape index (κ2) is 9.00. The van der Waals surface area contributed by atoms with Gasteiger partial charge in [-0.1, -0.05) is 54.0 Å². The Hall–Kier alpha value is -0.380. The highest BCUT2D eigenvalue weighted by molar-refractivity contribution is 5.29. The first-order chi connectivity index (χ1) is 15.0. The van der Waals surface area contributed by atoms with Gasteiger partial charge in [0.1, 0.15) is 6.10 Å². The first-order valence-electron chi connectivity index (χ1n) is 13.8. The van der Waals surface area contributed by atoms with Gasteiger partial charge in [-0.25, -0.2) is 0 Å². The molecule has 0 aromatic heterocycles. The van der Waals surface area contributed by atoms with E-state index in [1.165, 1.54) is 25.7 Å². The molecule has 0 spiro atoms. The van der Waals surface area contributed by atoms with Crippen LogP contribution in [0.25, 0.3) is 0 Å². The molecule has 0 radical (unpaired) electrons. The van der Waals surface area contributed by atoms with Gasteiger partial charge in [0.15, 0.2) is 0 Å². The lowest BCUT2D eigenvalue weighted by Gasteiger charge is -2.59. The lowest BCUT2D eigenvalue weighted by molar-refractivity contribution is -0.0866. The van der Waals surface area contributed by atoms with E-state index < -0.39 is 12.2 Å². The molecule has 3 saturated carbocycles. The Morgan fingerprint density at radius 1 is 1.00 bits per heavy atom. The average molecular weight is 447 g/mol. The van der Waals surface area contributed by atoms with Crippen LogP contribution in [0.4, 0.5) is 0 Å². The zero-order chi connectivity index (χ0) is 23.4. The van der Waals surface area contributed by atoms with Gasteiger partial charge in [0.2, 0.25) is 0 Å². The van der Waals surface area contributed by atoms with E-state index in [-0.39, 0.29) is 11.5 Å². The zero-order valence-corrected chi connectivity index (χ0v) is 21.6. The molecule has 0 amide bonds. The number of aliphatic hydroxyl groups is 3. The summed E-state index contributed by atoms with van der Waals surface area (Å²) < 4.78 is 0. The summed E-state index contributed by atoms with van der Waals surface area (Å²) in [4.78, 5) is 0. The van der Waals surface area contributed by atoms with E-state index in [9.17, 15) is 15.3 Å². The standard InChI is InChI=1S/C29H50O3/c1-7-19(17(2)3)16-26(31)18(4)21-10-11-22-20-8-9-24-27(32)25(30)13-15-29(24,6)23(20)12-14-28(21,22)5/h9,17-23,25-27,30-32H,7-8,10-16H2,1-6H3/t18-,19?,20-,21+,22-,23-,25-,26?,27+,28+,29+/m0/s1. The normalized spacial score (nSPS) is 46.6. The van der Waals surface area contributed by atoms with Crippen LogP contribution in [0, 0.1) is 52.3 Å². The van der Waals surface area contributed by atoms with Gasteiger partial charge in [0.25, 0.3) is 0 Å². The number of rotatable bonds is 6. The van der Waals surface area contributed by atoms with Gasteiger partial charge in [-0.3, -0.25) is 0 Å². The number of aliphatic hydroxyl groups excluding tert-OH is 3. The van der Waals surface area contributed by atoms with Crippen LogP contribution in [0.3, 0.4) is 0 Å². The monoisotopic (exact) mass is 446 g/mol. The molecule has 11 atom stereocenters. The van der Waals surface area contributed by atoms with Gasteiger partial charge in [-0.2, -0.15) is 0 Å². The Morgan fingerprint density at radius 3 is 2.38 bits per heavy atom. The second-order valence-electron chi connectivity index (χ2n) is 13.0. The van der Waals surface area contributed by atoms with Crippen molar-refractivity contribution in [2.75, 3.05) is 0 Å². The van der Waals surface area contributed by atoms with E-state index in [1.807, 2.05) is 0 Å². The minimum absolute atomic E-state index is 0.0533. The van der Waals surface area contributed by atoms with Crippen LogP contribution in [-0.2, 0) is 0 Å². The molecular formula is C29H50O3. The Bertz CT molecular complexity index is 701. The third-order valence-electron chi connectivity index (χ3n) is 11.5. The fraction of sp³-hybridized carbons (Fsp3) is 0.931. The molecule has 0 aromatic carbocycles. The van der Waals surface area contributed by atoms with Crippen molar-refractivity contribution in [1.29, 1.82) is 0 Å². The van der Waals surface area contributed by atoms with Crippen LogP contribution in [0.2, 0.25) is 0 Å². The molecule has 0 saturated heterocycles. The Balaban J connectivity index is 1.52. The van der Waals surface area contributed by atoms with Gasteiger partial charge in [0, 0.05) is 0 Å². The highest BCUT2D eigenvalue weighted by Crippen LogP contribution is 2.67. The minimum atomic E-state index is -0.665. The lowest BCUT2D eigenvalue weighted by Crippen LogP contribution is -2.54. The van der Waals surface area contributed by atoms with Crippen molar-refractivity contribution in [3.8, 4) is 0 Å². The van der Waals surface area contributed by atoms with E-state index in [0.717, 1.165) is 43.6 Å². The summed E-state index contributed by atoms with van der Waals surface area (Å²) in [6.45, 7) is 14.1. The van der Waals surface area contributed by atoms with E-state index in [4.69, 9.17) is 0 Å². The van der Waals surface area contributed by atoms with Crippen LogP contribution in [-0.4, -0.2) is 33.6 Å². The summed E-state index contributed by atoms with van der Waals surface area (Å²) in [6.07, 6.45) is 10.8. The molecule has 184 valence electrons. The summed E-state index contributed by atoms with van der Waals surface area (Å²) in [7, 11) is 0. The molecule has 4 rings (SSSR count). The molecule has 3 N–H and O–H groups in total. The predicted molar refractivity (Wildman–Crippen MR) is 131 cm³/mol. The summed E-state index contributed by atoms with van der Waals surface area (Å²) in [5.74, 6) is 4.29. The van der Waals surface area contributed by atoms with Crippen LogP contribution < -0.4 is 0 Å². The maximum atomic E-state index is 11.3. The topological polar surface area (TPSA) is 60.7 Å². The number of fused-ring (bicyclic) bond motifs is 5. The van der Waals surface area contributed by atoms with Crippen LogP contribution in [0.5, 0.6) is 0 Å². The van der Waals surface area contributed by atoms with Crippen molar-refractivity contribution in [3.05, 3.63) is 11.6 Å². The highest BCUT2D eigenvalue weighted by atomic mass is 16.3. The van der Waals surface area contributed by atoms with Gasteiger partial charge >= 0.3 is 0 Å². The summed E-state index contributed by atoms with van der Waals surface area (Å²) >= 11 is 0. The van der Waals surface area contributed by atoms with E-state index in [2.05, 4.69) is 47.6 Å². The minimum Gasteiger partial charge on any atom is -0.393 e. The fourth-order valence-electron chi connectivity index (χ4n) is 9.33. The fourth-order valence-corrected chi connectivity index (χ4v) is 9.33. The largest absolute Gasteiger partial charge is 0.393 e. The van der Waals surface area contributed by atoms with Gasteiger partial charge in [-0.15, -0.1) is 0 Å². The quantitative estimate of drug-likeness (QED) is 0.441. The molecule has 3 fully saturated rings. The molecule has 0 bridgehead atoms.